The molecule has 0 radical (unpaired) electrons. The van der Waals surface area contributed by atoms with Crippen LogP contribution in [0, 0.1) is 21.8 Å². The Morgan fingerprint density at radius 1 is 1.08 bits per heavy atom. The Morgan fingerprint density at radius 2 is 1.80 bits per heavy atom. The first-order chi connectivity index (χ1) is 12.2. The molecule has 1 aromatic heterocycles. The molecule has 124 valence electrons. The minimum Gasteiger partial charge on any atom is -0.472 e. The van der Waals surface area contributed by atoms with Crippen molar-refractivity contribution < 1.29 is 4.74 Å². The molecule has 0 aliphatic heterocycles. The fourth-order valence-corrected chi connectivity index (χ4v) is 2.60. The summed E-state index contributed by atoms with van der Waals surface area (Å²) in [6.45, 7) is 2.12. The maximum Gasteiger partial charge on any atom is 0.237 e. The fourth-order valence-electron chi connectivity index (χ4n) is 2.24. The molecule has 6 heteroatoms. The molecule has 0 saturated carbocycles. The maximum atomic E-state index is 9.56. The summed E-state index contributed by atoms with van der Waals surface area (Å²) in [4.78, 5) is 8.63. The topological polar surface area (TPSA) is 70.8 Å². The fraction of sp³-hybridized carbons (Fsp3) is 0.105. The molecule has 3 rings (SSSR count). The normalized spacial score (nSPS) is 10.1. The van der Waals surface area contributed by atoms with E-state index in [0.29, 0.717) is 23.8 Å². The summed E-state index contributed by atoms with van der Waals surface area (Å²) in [6.07, 6.45) is 0. The number of nitriles is 1. The van der Waals surface area contributed by atoms with Crippen molar-refractivity contribution in [1.29, 1.82) is 5.26 Å². The minimum atomic E-state index is 0.284. The summed E-state index contributed by atoms with van der Waals surface area (Å²) in [7, 11) is 0. The van der Waals surface area contributed by atoms with Gasteiger partial charge >= 0.3 is 0 Å². The number of aryl methyl sites for hydroxylation is 1. The van der Waals surface area contributed by atoms with Gasteiger partial charge in [0.25, 0.3) is 0 Å². The number of hydrogen-bond acceptors (Lipinski definition) is 5. The number of hydrogen-bond donors (Lipinski definition) is 1. The van der Waals surface area contributed by atoms with Crippen molar-refractivity contribution in [3.8, 4) is 11.9 Å². The van der Waals surface area contributed by atoms with E-state index in [9.17, 15) is 5.26 Å². The summed E-state index contributed by atoms with van der Waals surface area (Å²) in [5.74, 6) is 1.27. The monoisotopic (exact) mass is 442 g/mol. The third-order valence-electron chi connectivity index (χ3n) is 3.42. The Morgan fingerprint density at radius 3 is 2.48 bits per heavy atom. The second-order valence-corrected chi connectivity index (χ2v) is 6.56. The third-order valence-corrected chi connectivity index (χ3v) is 4.14. The van der Waals surface area contributed by atoms with Crippen LogP contribution in [0.3, 0.4) is 0 Å². The molecule has 0 saturated heterocycles. The first kappa shape index (κ1) is 17.2. The van der Waals surface area contributed by atoms with Gasteiger partial charge in [-0.3, -0.25) is 0 Å². The number of nitrogens with one attached hydrogen (secondary N) is 1. The Bertz CT molecular complexity index is 905. The summed E-state index contributed by atoms with van der Waals surface area (Å²) < 4.78 is 6.91. The molecule has 0 amide bonds. The quantitative estimate of drug-likeness (QED) is 0.586. The summed E-state index contributed by atoms with van der Waals surface area (Å²) >= 11 is 2.24. The average molecular weight is 442 g/mol. The smallest absolute Gasteiger partial charge is 0.237 e. The highest BCUT2D eigenvalue weighted by Gasteiger charge is 2.15. The van der Waals surface area contributed by atoms with Crippen LogP contribution in [0.4, 0.5) is 11.5 Å². The van der Waals surface area contributed by atoms with Crippen molar-refractivity contribution in [3.05, 3.63) is 75.1 Å². The lowest BCUT2D eigenvalue weighted by Gasteiger charge is -2.12. The van der Waals surface area contributed by atoms with Crippen molar-refractivity contribution in [3.63, 3.8) is 0 Å². The second-order valence-electron chi connectivity index (χ2n) is 5.32. The zero-order valence-corrected chi connectivity index (χ0v) is 15.7. The van der Waals surface area contributed by atoms with Crippen LogP contribution in [0.1, 0.15) is 17.0 Å². The van der Waals surface area contributed by atoms with Gasteiger partial charge in [0.1, 0.15) is 18.5 Å². The van der Waals surface area contributed by atoms with E-state index in [0.717, 1.165) is 14.8 Å². The Balaban J connectivity index is 1.87. The van der Waals surface area contributed by atoms with Crippen LogP contribution in [-0.2, 0) is 6.61 Å². The van der Waals surface area contributed by atoms with Gasteiger partial charge < -0.3 is 10.1 Å². The number of rotatable bonds is 5. The van der Waals surface area contributed by atoms with Gasteiger partial charge in [-0.25, -0.2) is 4.98 Å². The number of benzene rings is 2. The molecule has 0 aliphatic rings. The zero-order valence-electron chi connectivity index (χ0n) is 13.5. The van der Waals surface area contributed by atoms with E-state index >= 15 is 0 Å². The molecule has 2 aromatic carbocycles. The molecule has 25 heavy (non-hydrogen) atoms. The Hall–Kier alpha value is -2.66. The van der Waals surface area contributed by atoms with E-state index in [2.05, 4.69) is 43.9 Å². The lowest BCUT2D eigenvalue weighted by atomic mass is 10.2. The van der Waals surface area contributed by atoms with E-state index in [1.807, 2.05) is 54.6 Å². The van der Waals surface area contributed by atoms with Gasteiger partial charge in [0, 0.05) is 9.26 Å². The van der Waals surface area contributed by atoms with Crippen LogP contribution >= 0.6 is 22.6 Å². The first-order valence-corrected chi connectivity index (χ1v) is 8.71. The molecule has 0 atom stereocenters. The molecule has 5 nitrogen and oxygen atoms in total. The molecule has 3 aromatic rings. The molecule has 0 fully saturated rings. The van der Waals surface area contributed by atoms with Gasteiger partial charge in [0.05, 0.1) is 0 Å². The largest absolute Gasteiger partial charge is 0.472 e. The SMILES string of the molecule is Cc1nc(Nc2ccc(I)cc2)c(C#N)c(OCc2ccccc2)n1. The van der Waals surface area contributed by atoms with E-state index in [4.69, 9.17) is 4.74 Å². The van der Waals surface area contributed by atoms with Crippen molar-refractivity contribution in [1.82, 2.24) is 9.97 Å². The van der Waals surface area contributed by atoms with Gasteiger partial charge in [-0.2, -0.15) is 10.2 Å². The molecule has 0 aliphatic carbocycles. The number of halogens is 1. The van der Waals surface area contributed by atoms with Crippen LogP contribution in [0.5, 0.6) is 5.88 Å². The van der Waals surface area contributed by atoms with Crippen LogP contribution in [0.15, 0.2) is 54.6 Å². The van der Waals surface area contributed by atoms with Crippen molar-refractivity contribution in [2.24, 2.45) is 0 Å². The van der Waals surface area contributed by atoms with Gasteiger partial charge in [0.15, 0.2) is 11.4 Å². The molecule has 1 N–H and O–H groups in total. The number of ether oxygens (including phenoxy) is 1. The second kappa shape index (κ2) is 7.94. The first-order valence-electron chi connectivity index (χ1n) is 7.64. The van der Waals surface area contributed by atoms with Crippen molar-refractivity contribution >= 4 is 34.1 Å². The van der Waals surface area contributed by atoms with Crippen molar-refractivity contribution in [2.45, 2.75) is 13.5 Å². The standard InChI is InChI=1S/C19H15IN4O/c1-13-22-18(24-16-9-7-15(20)8-10-16)17(11-21)19(23-13)25-12-14-5-3-2-4-6-14/h2-10H,12H2,1H3,(H,22,23,24). The van der Waals surface area contributed by atoms with Gasteiger partial charge in [-0.1, -0.05) is 30.3 Å². The molecule has 0 unspecified atom stereocenters. The van der Waals surface area contributed by atoms with E-state index in [-0.39, 0.29) is 5.88 Å². The van der Waals surface area contributed by atoms with Crippen molar-refractivity contribution in [2.75, 3.05) is 5.32 Å². The van der Waals surface area contributed by atoms with Crippen LogP contribution in [0.2, 0.25) is 0 Å². The third kappa shape index (κ3) is 4.45. The molecule has 0 bridgehead atoms. The number of anilines is 2. The predicted octanol–water partition coefficient (Wildman–Crippen LogP) is 4.58. The molecular weight excluding hydrogens is 427 g/mol. The summed E-state index contributed by atoms with van der Waals surface area (Å²) in [6, 6.07) is 19.7. The molecule has 0 spiro atoms. The van der Waals surface area contributed by atoms with E-state index in [1.54, 1.807) is 6.92 Å². The van der Waals surface area contributed by atoms with Gasteiger partial charge in [-0.05, 0) is 59.3 Å². The van der Waals surface area contributed by atoms with E-state index < -0.39 is 0 Å². The zero-order chi connectivity index (χ0) is 17.6. The Kier molecular flexibility index (Phi) is 5.46. The highest BCUT2D eigenvalue weighted by atomic mass is 127. The van der Waals surface area contributed by atoms with Crippen LogP contribution in [-0.4, -0.2) is 9.97 Å². The van der Waals surface area contributed by atoms with Gasteiger partial charge in [0.2, 0.25) is 5.88 Å². The molecular formula is C19H15IN4O. The lowest BCUT2D eigenvalue weighted by Crippen LogP contribution is -2.06. The lowest BCUT2D eigenvalue weighted by molar-refractivity contribution is 0.292. The minimum absolute atomic E-state index is 0.284. The molecule has 1 heterocycles. The highest BCUT2D eigenvalue weighted by Crippen LogP contribution is 2.26. The van der Waals surface area contributed by atoms with E-state index in [1.165, 1.54) is 0 Å². The van der Waals surface area contributed by atoms with Crippen LogP contribution in [0.25, 0.3) is 0 Å². The summed E-state index contributed by atoms with van der Waals surface area (Å²) in [5.41, 5.74) is 2.15. The predicted molar refractivity (Wildman–Crippen MR) is 105 cm³/mol. The number of aromatic nitrogens is 2. The Labute approximate surface area is 159 Å². The highest BCUT2D eigenvalue weighted by molar-refractivity contribution is 14.1. The van der Waals surface area contributed by atoms with Gasteiger partial charge in [-0.15, -0.1) is 0 Å². The van der Waals surface area contributed by atoms with Crippen LogP contribution < -0.4 is 10.1 Å². The maximum absolute atomic E-state index is 9.56. The average Bonchev–Trinajstić information content (AvgIpc) is 2.62. The number of nitrogens with zero attached hydrogens (tertiary/aromatic N) is 3. The summed E-state index contributed by atoms with van der Waals surface area (Å²) in [5, 5.41) is 12.7.